The number of rotatable bonds is 3. The lowest BCUT2D eigenvalue weighted by molar-refractivity contribution is 0.407. The van der Waals surface area contributed by atoms with Crippen molar-refractivity contribution < 1.29 is 9.84 Å². The van der Waals surface area contributed by atoms with Crippen LogP contribution in [0.25, 0.3) is 11.1 Å². The van der Waals surface area contributed by atoms with Gasteiger partial charge in [0.25, 0.3) is 0 Å². The first kappa shape index (κ1) is 12.5. The van der Waals surface area contributed by atoms with Crippen molar-refractivity contribution in [3.05, 3.63) is 48.0 Å². The second kappa shape index (κ2) is 5.10. The fourth-order valence-electron chi connectivity index (χ4n) is 1.92. The summed E-state index contributed by atoms with van der Waals surface area (Å²) < 4.78 is 5.30. The molecule has 0 saturated heterocycles. The van der Waals surface area contributed by atoms with Gasteiger partial charge in [0.2, 0.25) is 0 Å². The highest BCUT2D eigenvalue weighted by Crippen LogP contribution is 2.30. The van der Waals surface area contributed by atoms with Gasteiger partial charge in [-0.2, -0.15) is 0 Å². The maximum absolute atomic E-state index is 9.29. The van der Waals surface area contributed by atoms with Gasteiger partial charge in [0.15, 0.2) is 0 Å². The van der Waals surface area contributed by atoms with Gasteiger partial charge in [0, 0.05) is 11.6 Å². The van der Waals surface area contributed by atoms with Crippen LogP contribution in [0.3, 0.4) is 0 Å². The van der Waals surface area contributed by atoms with E-state index >= 15 is 0 Å². The van der Waals surface area contributed by atoms with Gasteiger partial charge in [-0.3, -0.25) is 0 Å². The Morgan fingerprint density at radius 1 is 1.06 bits per heavy atom. The van der Waals surface area contributed by atoms with E-state index in [0.717, 1.165) is 22.4 Å². The Labute approximate surface area is 107 Å². The Balaban J connectivity index is 2.46. The maximum atomic E-state index is 9.29. The summed E-state index contributed by atoms with van der Waals surface area (Å²) in [4.78, 5) is 0. The fourth-order valence-corrected chi connectivity index (χ4v) is 1.92. The van der Waals surface area contributed by atoms with Crippen molar-refractivity contribution in [1.82, 2.24) is 0 Å². The number of ether oxygens (including phenoxy) is 1. The number of phenolic OH excluding ortho intramolecular Hbond substituents is 1. The van der Waals surface area contributed by atoms with Crippen LogP contribution in [0.15, 0.2) is 42.5 Å². The molecule has 2 aromatic carbocycles. The molecular formula is C15H17NO2. The highest BCUT2D eigenvalue weighted by atomic mass is 16.5. The molecular weight excluding hydrogens is 226 g/mol. The number of hydrogen-bond donors (Lipinski definition) is 2. The molecule has 0 radical (unpaired) electrons. The maximum Gasteiger partial charge on any atom is 0.123 e. The van der Waals surface area contributed by atoms with Crippen LogP contribution in [-0.2, 0) is 0 Å². The van der Waals surface area contributed by atoms with E-state index in [0.29, 0.717) is 0 Å². The van der Waals surface area contributed by atoms with E-state index in [1.807, 2.05) is 37.3 Å². The Bertz CT molecular complexity index is 533. The van der Waals surface area contributed by atoms with Crippen LogP contribution in [-0.4, -0.2) is 12.2 Å². The molecule has 0 fully saturated rings. The molecule has 2 rings (SSSR count). The predicted octanol–water partition coefficient (Wildman–Crippen LogP) is 3.09. The quantitative estimate of drug-likeness (QED) is 0.871. The van der Waals surface area contributed by atoms with Crippen molar-refractivity contribution in [3.8, 4) is 22.6 Å². The fraction of sp³-hybridized carbons (Fsp3) is 0.200. The van der Waals surface area contributed by atoms with Crippen LogP contribution in [0.1, 0.15) is 18.5 Å². The molecule has 0 bridgehead atoms. The van der Waals surface area contributed by atoms with Crippen LogP contribution in [0.2, 0.25) is 0 Å². The van der Waals surface area contributed by atoms with Gasteiger partial charge in [-0.05, 0) is 42.3 Å². The van der Waals surface area contributed by atoms with E-state index < -0.39 is 0 Å². The molecule has 18 heavy (non-hydrogen) atoms. The van der Waals surface area contributed by atoms with Crippen molar-refractivity contribution >= 4 is 0 Å². The lowest BCUT2D eigenvalue weighted by Gasteiger charge is -2.13. The zero-order valence-corrected chi connectivity index (χ0v) is 10.6. The summed E-state index contributed by atoms with van der Waals surface area (Å²) in [7, 11) is 1.64. The molecule has 0 aliphatic rings. The third kappa shape index (κ3) is 2.46. The van der Waals surface area contributed by atoms with Crippen molar-refractivity contribution in [2.75, 3.05) is 7.11 Å². The smallest absolute Gasteiger partial charge is 0.123 e. The summed E-state index contributed by atoms with van der Waals surface area (Å²) in [6.45, 7) is 1.93. The van der Waals surface area contributed by atoms with E-state index in [9.17, 15) is 5.11 Å². The van der Waals surface area contributed by atoms with Crippen LogP contribution in [0.5, 0.6) is 11.5 Å². The van der Waals surface area contributed by atoms with Gasteiger partial charge in [0.05, 0.1) is 7.11 Å². The zero-order chi connectivity index (χ0) is 13.1. The summed E-state index contributed by atoms with van der Waals surface area (Å²) in [5.74, 6) is 1.06. The van der Waals surface area contributed by atoms with Crippen molar-refractivity contribution in [2.24, 2.45) is 5.73 Å². The lowest BCUT2D eigenvalue weighted by Crippen LogP contribution is -2.07. The van der Waals surface area contributed by atoms with Gasteiger partial charge >= 0.3 is 0 Å². The van der Waals surface area contributed by atoms with Gasteiger partial charge in [-0.15, -0.1) is 0 Å². The van der Waals surface area contributed by atoms with E-state index in [4.69, 9.17) is 10.5 Å². The normalized spacial score (nSPS) is 12.2. The zero-order valence-electron chi connectivity index (χ0n) is 10.6. The minimum absolute atomic E-state index is 0.0861. The summed E-state index contributed by atoms with van der Waals surface area (Å²) in [6.07, 6.45) is 0. The average molecular weight is 243 g/mol. The second-order valence-electron chi connectivity index (χ2n) is 4.29. The van der Waals surface area contributed by atoms with E-state index in [1.54, 1.807) is 19.2 Å². The first-order valence-electron chi connectivity index (χ1n) is 5.84. The Morgan fingerprint density at radius 2 is 1.67 bits per heavy atom. The van der Waals surface area contributed by atoms with Crippen molar-refractivity contribution in [2.45, 2.75) is 13.0 Å². The molecule has 1 atom stereocenters. The van der Waals surface area contributed by atoms with Gasteiger partial charge in [0.1, 0.15) is 11.5 Å². The van der Waals surface area contributed by atoms with Crippen LogP contribution < -0.4 is 10.5 Å². The van der Waals surface area contributed by atoms with E-state index in [2.05, 4.69) is 0 Å². The molecule has 0 aliphatic carbocycles. The van der Waals surface area contributed by atoms with Gasteiger partial charge in [-0.25, -0.2) is 0 Å². The van der Waals surface area contributed by atoms with E-state index in [1.165, 1.54) is 0 Å². The summed E-state index contributed by atoms with van der Waals surface area (Å²) >= 11 is 0. The van der Waals surface area contributed by atoms with Gasteiger partial charge in [-0.1, -0.05) is 18.2 Å². The molecule has 0 aromatic heterocycles. The van der Waals surface area contributed by atoms with Crippen LogP contribution in [0, 0.1) is 0 Å². The molecule has 3 heteroatoms. The Hall–Kier alpha value is -2.00. The predicted molar refractivity (Wildman–Crippen MR) is 72.7 cm³/mol. The van der Waals surface area contributed by atoms with Crippen LogP contribution >= 0.6 is 0 Å². The largest absolute Gasteiger partial charge is 0.508 e. The molecule has 3 nitrogen and oxygen atoms in total. The Morgan fingerprint density at radius 3 is 2.22 bits per heavy atom. The average Bonchev–Trinajstić information content (AvgIpc) is 2.39. The number of phenols is 1. The second-order valence-corrected chi connectivity index (χ2v) is 4.29. The molecule has 94 valence electrons. The molecule has 0 heterocycles. The summed E-state index contributed by atoms with van der Waals surface area (Å²) in [5, 5.41) is 9.29. The summed E-state index contributed by atoms with van der Waals surface area (Å²) in [5.41, 5.74) is 9.01. The van der Waals surface area contributed by atoms with Crippen LogP contribution in [0.4, 0.5) is 0 Å². The summed E-state index contributed by atoms with van der Waals surface area (Å²) in [6, 6.07) is 12.9. The number of benzene rings is 2. The number of aromatic hydroxyl groups is 1. The minimum Gasteiger partial charge on any atom is -0.508 e. The number of nitrogens with two attached hydrogens (primary N) is 1. The lowest BCUT2D eigenvalue weighted by atomic mass is 9.99. The molecule has 0 saturated carbocycles. The monoisotopic (exact) mass is 243 g/mol. The Kier molecular flexibility index (Phi) is 3.53. The third-order valence-corrected chi connectivity index (χ3v) is 2.92. The highest BCUT2D eigenvalue weighted by Gasteiger charge is 2.09. The highest BCUT2D eigenvalue weighted by molar-refractivity contribution is 5.66. The number of hydrogen-bond acceptors (Lipinski definition) is 3. The first-order valence-corrected chi connectivity index (χ1v) is 5.84. The SMILES string of the molecule is COc1ccc(-c2ccc(O)cc2)cc1C(C)N. The van der Waals surface area contributed by atoms with Crippen molar-refractivity contribution in [1.29, 1.82) is 0 Å². The molecule has 1 unspecified atom stereocenters. The molecule has 2 aromatic rings. The molecule has 3 N–H and O–H groups in total. The topological polar surface area (TPSA) is 55.5 Å². The minimum atomic E-state index is -0.0861. The molecule has 0 aliphatic heterocycles. The third-order valence-electron chi connectivity index (χ3n) is 2.92. The molecule has 0 spiro atoms. The first-order chi connectivity index (χ1) is 8.61. The van der Waals surface area contributed by atoms with Gasteiger partial charge < -0.3 is 15.6 Å². The molecule has 0 amide bonds. The van der Waals surface area contributed by atoms with E-state index in [-0.39, 0.29) is 11.8 Å². The van der Waals surface area contributed by atoms with Crippen molar-refractivity contribution in [3.63, 3.8) is 0 Å². The number of methoxy groups -OCH3 is 1. The standard InChI is InChI=1S/C15H17NO2/c1-10(16)14-9-12(5-8-15(14)18-2)11-3-6-13(17)7-4-11/h3-10,17H,16H2,1-2H3.